The van der Waals surface area contributed by atoms with E-state index in [0.29, 0.717) is 24.9 Å². The Bertz CT molecular complexity index is 1020. The molecule has 0 bridgehead atoms. The highest BCUT2D eigenvalue weighted by Gasteiger charge is 2.44. The molecular formula is C21H27N7O3. The molecule has 10 heteroatoms. The van der Waals surface area contributed by atoms with Crippen LogP contribution < -0.4 is 20.7 Å². The summed E-state index contributed by atoms with van der Waals surface area (Å²) in [4.78, 5) is 36.7. The molecule has 5 rings (SSSR count). The SMILES string of the molecule is CNC(=O)c1ccc(N2CCC3(CCc4c3nc(N3CCOCC3)[nH]c4=O)CC2)nn1. The Balaban J connectivity index is 1.35. The number of rotatable bonds is 3. The van der Waals surface area contributed by atoms with Crippen LogP contribution in [0.5, 0.6) is 0 Å². The van der Waals surface area contributed by atoms with E-state index in [0.717, 1.165) is 68.9 Å². The van der Waals surface area contributed by atoms with E-state index in [1.54, 1.807) is 13.1 Å². The van der Waals surface area contributed by atoms with Crippen LogP contribution >= 0.6 is 0 Å². The van der Waals surface area contributed by atoms with Crippen molar-refractivity contribution < 1.29 is 9.53 Å². The van der Waals surface area contributed by atoms with Crippen LogP contribution in [0.3, 0.4) is 0 Å². The van der Waals surface area contributed by atoms with Gasteiger partial charge in [-0.25, -0.2) is 4.98 Å². The molecule has 1 amide bonds. The summed E-state index contributed by atoms with van der Waals surface area (Å²) >= 11 is 0. The van der Waals surface area contributed by atoms with Crippen LogP contribution in [-0.2, 0) is 16.6 Å². The standard InChI is InChI=1S/C21H27N7O3/c1-22-19(30)15-2-3-16(26-25-15)27-8-6-21(7-9-27)5-4-14-17(21)23-20(24-18(14)29)28-10-12-31-13-11-28/h2-3H,4-13H2,1H3,(H,22,30)(H,23,24,29). The summed E-state index contributed by atoms with van der Waals surface area (Å²) in [5, 5.41) is 10.8. The number of fused-ring (bicyclic) bond motifs is 2. The first-order chi connectivity index (χ1) is 15.1. The van der Waals surface area contributed by atoms with Crippen LogP contribution in [0.25, 0.3) is 0 Å². The van der Waals surface area contributed by atoms with Gasteiger partial charge >= 0.3 is 0 Å². The van der Waals surface area contributed by atoms with Gasteiger partial charge in [0, 0.05) is 44.2 Å². The Labute approximate surface area is 180 Å². The van der Waals surface area contributed by atoms with Gasteiger partial charge in [-0.05, 0) is 37.8 Å². The number of hydrogen-bond acceptors (Lipinski definition) is 8. The fraction of sp³-hybridized carbons (Fsp3) is 0.571. The van der Waals surface area contributed by atoms with Crippen molar-refractivity contribution in [1.82, 2.24) is 25.5 Å². The number of amides is 1. The van der Waals surface area contributed by atoms with E-state index in [1.807, 2.05) is 6.07 Å². The lowest BCUT2D eigenvalue weighted by Crippen LogP contribution is -2.43. The largest absolute Gasteiger partial charge is 0.378 e. The van der Waals surface area contributed by atoms with E-state index < -0.39 is 0 Å². The molecular weight excluding hydrogens is 398 g/mol. The van der Waals surface area contributed by atoms with Gasteiger partial charge in [-0.15, -0.1) is 10.2 Å². The second-order valence-electron chi connectivity index (χ2n) is 8.44. The molecule has 0 saturated carbocycles. The Morgan fingerprint density at radius 1 is 1.10 bits per heavy atom. The van der Waals surface area contributed by atoms with Crippen molar-refractivity contribution in [1.29, 1.82) is 0 Å². The number of nitrogens with one attached hydrogen (secondary N) is 2. The van der Waals surface area contributed by atoms with Crippen molar-refractivity contribution in [2.75, 3.05) is 56.2 Å². The number of H-pyrrole nitrogens is 1. The summed E-state index contributed by atoms with van der Waals surface area (Å²) in [7, 11) is 1.57. The Morgan fingerprint density at radius 2 is 1.87 bits per heavy atom. The number of carbonyl (C=O) groups is 1. The summed E-state index contributed by atoms with van der Waals surface area (Å²) in [5.74, 6) is 1.20. The Kier molecular flexibility index (Phi) is 5.09. The lowest BCUT2D eigenvalue weighted by Gasteiger charge is -2.40. The first kappa shape index (κ1) is 19.9. The predicted molar refractivity (Wildman–Crippen MR) is 115 cm³/mol. The minimum absolute atomic E-state index is 0.00135. The van der Waals surface area contributed by atoms with Crippen molar-refractivity contribution in [3.63, 3.8) is 0 Å². The molecule has 2 aromatic heterocycles. The van der Waals surface area contributed by atoms with Gasteiger partial charge in [0.2, 0.25) is 5.95 Å². The molecule has 1 aliphatic carbocycles. The number of aromatic nitrogens is 4. The van der Waals surface area contributed by atoms with Crippen LogP contribution in [0.15, 0.2) is 16.9 Å². The third-order valence-electron chi connectivity index (χ3n) is 6.82. The number of morpholine rings is 1. The van der Waals surface area contributed by atoms with Crippen LogP contribution in [0.2, 0.25) is 0 Å². The molecule has 0 aromatic carbocycles. The number of carbonyl (C=O) groups excluding carboxylic acids is 1. The van der Waals surface area contributed by atoms with Crippen LogP contribution in [-0.4, -0.2) is 72.5 Å². The van der Waals surface area contributed by atoms with Crippen LogP contribution in [0.1, 0.15) is 41.0 Å². The van der Waals surface area contributed by atoms with E-state index in [-0.39, 0.29) is 16.9 Å². The number of ether oxygens (including phenoxy) is 1. The van der Waals surface area contributed by atoms with Crippen molar-refractivity contribution in [3.05, 3.63) is 39.4 Å². The number of aromatic amines is 1. The molecule has 2 aliphatic heterocycles. The second kappa shape index (κ2) is 7.92. The molecule has 0 radical (unpaired) electrons. The maximum Gasteiger partial charge on any atom is 0.271 e. The summed E-state index contributed by atoms with van der Waals surface area (Å²) in [5.41, 5.74) is 2.08. The zero-order valence-corrected chi connectivity index (χ0v) is 17.7. The molecule has 3 aliphatic rings. The number of nitrogens with zero attached hydrogens (tertiary/aromatic N) is 5. The molecule has 0 unspecified atom stereocenters. The van der Waals surface area contributed by atoms with Crippen molar-refractivity contribution in [2.45, 2.75) is 31.1 Å². The molecule has 31 heavy (non-hydrogen) atoms. The van der Waals surface area contributed by atoms with Crippen molar-refractivity contribution in [2.24, 2.45) is 0 Å². The van der Waals surface area contributed by atoms with Gasteiger partial charge in [-0.1, -0.05) is 0 Å². The summed E-state index contributed by atoms with van der Waals surface area (Å²) in [6.07, 6.45) is 3.57. The van der Waals surface area contributed by atoms with E-state index in [9.17, 15) is 9.59 Å². The molecule has 164 valence electrons. The fourth-order valence-corrected chi connectivity index (χ4v) is 4.96. The molecule has 10 nitrogen and oxygen atoms in total. The maximum absolute atomic E-state index is 12.8. The molecule has 1 spiro atoms. The number of hydrogen-bond donors (Lipinski definition) is 2. The highest BCUT2D eigenvalue weighted by molar-refractivity contribution is 5.91. The summed E-state index contributed by atoms with van der Waals surface area (Å²) < 4.78 is 5.43. The molecule has 2 fully saturated rings. The zero-order chi connectivity index (χ0) is 21.4. The van der Waals surface area contributed by atoms with E-state index in [4.69, 9.17) is 9.72 Å². The summed E-state index contributed by atoms with van der Waals surface area (Å²) in [6, 6.07) is 3.55. The Hall–Kier alpha value is -3.01. The quantitative estimate of drug-likeness (QED) is 0.719. The average molecular weight is 425 g/mol. The minimum Gasteiger partial charge on any atom is -0.378 e. The third kappa shape index (κ3) is 3.54. The van der Waals surface area contributed by atoms with Gasteiger partial charge in [0.1, 0.15) is 0 Å². The maximum atomic E-state index is 12.8. The molecule has 2 N–H and O–H groups in total. The topological polar surface area (TPSA) is 116 Å². The highest BCUT2D eigenvalue weighted by atomic mass is 16.5. The molecule has 0 atom stereocenters. The van der Waals surface area contributed by atoms with Crippen LogP contribution in [0, 0.1) is 0 Å². The van der Waals surface area contributed by atoms with Gasteiger partial charge in [0.25, 0.3) is 11.5 Å². The zero-order valence-electron chi connectivity index (χ0n) is 17.7. The fourth-order valence-electron chi connectivity index (χ4n) is 4.96. The van der Waals surface area contributed by atoms with E-state index in [1.165, 1.54) is 0 Å². The first-order valence-electron chi connectivity index (χ1n) is 10.9. The second-order valence-corrected chi connectivity index (χ2v) is 8.44. The number of anilines is 2. The van der Waals surface area contributed by atoms with Gasteiger partial charge in [-0.3, -0.25) is 14.6 Å². The molecule has 2 saturated heterocycles. The van der Waals surface area contributed by atoms with Crippen molar-refractivity contribution in [3.8, 4) is 0 Å². The van der Waals surface area contributed by atoms with Gasteiger partial charge in [0.15, 0.2) is 11.5 Å². The van der Waals surface area contributed by atoms with Gasteiger partial charge in [0.05, 0.1) is 18.9 Å². The smallest absolute Gasteiger partial charge is 0.271 e. The first-order valence-corrected chi connectivity index (χ1v) is 10.9. The van der Waals surface area contributed by atoms with Crippen LogP contribution in [0.4, 0.5) is 11.8 Å². The van der Waals surface area contributed by atoms with Gasteiger partial charge in [-0.2, -0.15) is 0 Å². The predicted octanol–water partition coefficient (Wildman–Crippen LogP) is 0.241. The van der Waals surface area contributed by atoms with E-state index >= 15 is 0 Å². The normalized spacial score (nSPS) is 20.0. The Morgan fingerprint density at radius 3 is 2.55 bits per heavy atom. The average Bonchev–Trinajstić information content (AvgIpc) is 3.18. The lowest BCUT2D eigenvalue weighted by molar-refractivity contribution is 0.0957. The third-order valence-corrected chi connectivity index (χ3v) is 6.82. The lowest BCUT2D eigenvalue weighted by atomic mass is 9.76. The van der Waals surface area contributed by atoms with Crippen molar-refractivity contribution >= 4 is 17.7 Å². The van der Waals surface area contributed by atoms with E-state index in [2.05, 4.69) is 30.3 Å². The number of piperidine rings is 1. The summed E-state index contributed by atoms with van der Waals surface area (Å²) in [6.45, 7) is 4.42. The highest BCUT2D eigenvalue weighted by Crippen LogP contribution is 2.45. The van der Waals surface area contributed by atoms with Gasteiger partial charge < -0.3 is 19.9 Å². The monoisotopic (exact) mass is 425 g/mol. The molecule has 4 heterocycles. The minimum atomic E-state index is -0.244. The molecule has 2 aromatic rings.